The van der Waals surface area contributed by atoms with E-state index in [1.165, 1.54) is 42.4 Å². The lowest BCUT2D eigenvalue weighted by Crippen LogP contribution is -2.16. The van der Waals surface area contributed by atoms with Crippen LogP contribution in [0.1, 0.15) is 67.8 Å². The van der Waals surface area contributed by atoms with Crippen LogP contribution in [0.3, 0.4) is 0 Å². The molecule has 0 amide bonds. The van der Waals surface area contributed by atoms with Crippen LogP contribution in [0.2, 0.25) is 0 Å². The molecule has 3 aromatic rings. The lowest BCUT2D eigenvalue weighted by Gasteiger charge is -2.19. The summed E-state index contributed by atoms with van der Waals surface area (Å²) < 4.78 is 2.89. The first-order valence-electron chi connectivity index (χ1n) is 9.56. The van der Waals surface area contributed by atoms with Crippen LogP contribution in [-0.4, -0.2) is 0 Å². The van der Waals surface area contributed by atoms with E-state index in [0.29, 0.717) is 11.8 Å². The van der Waals surface area contributed by atoms with Crippen LogP contribution >= 0.6 is 11.3 Å². The van der Waals surface area contributed by atoms with Gasteiger partial charge in [-0.05, 0) is 59.4 Å². The van der Waals surface area contributed by atoms with Crippen LogP contribution in [-0.2, 0) is 0 Å². The summed E-state index contributed by atoms with van der Waals surface area (Å²) in [5.74, 6) is 1.08. The van der Waals surface area contributed by atoms with E-state index in [2.05, 4.69) is 82.4 Å². The highest BCUT2D eigenvalue weighted by Crippen LogP contribution is 2.44. The Morgan fingerprint density at radius 2 is 1.73 bits per heavy atom. The Labute approximate surface area is 160 Å². The Bertz CT molecular complexity index is 1030. The highest BCUT2D eigenvalue weighted by Gasteiger charge is 2.20. The zero-order chi connectivity index (χ0) is 18.4. The third kappa shape index (κ3) is 2.77. The second-order valence-corrected chi connectivity index (χ2v) is 8.98. The summed E-state index contributed by atoms with van der Waals surface area (Å²) in [4.78, 5) is 0. The largest absolute Gasteiger partial charge is 0.381 e. The summed E-state index contributed by atoms with van der Waals surface area (Å²) in [6.07, 6.45) is 8.51. The van der Waals surface area contributed by atoms with Crippen LogP contribution in [0.25, 0.3) is 20.2 Å². The quantitative estimate of drug-likeness (QED) is 0.515. The molecule has 0 bridgehead atoms. The van der Waals surface area contributed by atoms with Crippen LogP contribution in [0.5, 0.6) is 0 Å². The number of fused-ring (bicyclic) bond motifs is 3. The van der Waals surface area contributed by atoms with Gasteiger partial charge >= 0.3 is 0 Å². The second-order valence-electron chi connectivity index (χ2n) is 7.96. The summed E-state index contributed by atoms with van der Waals surface area (Å²) in [7, 11) is 0. The van der Waals surface area contributed by atoms with Crippen molar-refractivity contribution >= 4 is 31.5 Å². The normalized spacial score (nSPS) is 17.0. The lowest BCUT2D eigenvalue weighted by atomic mass is 9.92. The number of dihydropyridines is 1. The Hall–Kier alpha value is -2.06. The molecule has 2 heterocycles. The number of hydrogen-bond donors (Lipinski definition) is 1. The highest BCUT2D eigenvalue weighted by molar-refractivity contribution is 7.26. The third-order valence-electron chi connectivity index (χ3n) is 5.43. The summed E-state index contributed by atoms with van der Waals surface area (Å²) in [5.41, 5.74) is 5.71. The smallest absolute Gasteiger partial charge is 0.0712 e. The van der Waals surface area contributed by atoms with Crippen molar-refractivity contribution in [3.8, 4) is 0 Å². The zero-order valence-corrected chi connectivity index (χ0v) is 17.1. The van der Waals surface area contributed by atoms with Crippen molar-refractivity contribution in [1.82, 2.24) is 5.32 Å². The van der Waals surface area contributed by atoms with Crippen LogP contribution in [0.15, 0.2) is 48.7 Å². The number of thiophene rings is 1. The van der Waals surface area contributed by atoms with E-state index in [0.717, 1.165) is 0 Å². The molecule has 1 N–H and O–H groups in total. The molecule has 0 fully saturated rings. The maximum Gasteiger partial charge on any atom is 0.0712 e. The number of aryl methyl sites for hydroxylation is 1. The molecule has 0 aliphatic carbocycles. The lowest BCUT2D eigenvalue weighted by molar-refractivity contribution is 0.748. The minimum absolute atomic E-state index is 0.254. The van der Waals surface area contributed by atoms with Gasteiger partial charge in [0.05, 0.1) is 6.04 Å². The van der Waals surface area contributed by atoms with E-state index < -0.39 is 0 Å². The van der Waals surface area contributed by atoms with Gasteiger partial charge in [-0.2, -0.15) is 0 Å². The number of benzene rings is 2. The average Bonchev–Trinajstić information content (AvgIpc) is 2.99. The predicted octanol–water partition coefficient (Wildman–Crippen LogP) is 7.32. The van der Waals surface area contributed by atoms with Crippen molar-refractivity contribution in [3.05, 3.63) is 70.9 Å². The molecule has 2 aromatic carbocycles. The van der Waals surface area contributed by atoms with Crippen molar-refractivity contribution in [2.45, 2.75) is 52.5 Å². The van der Waals surface area contributed by atoms with E-state index in [-0.39, 0.29) is 6.04 Å². The molecular weight excluding hydrogens is 334 g/mol. The Balaban J connectivity index is 2.06. The molecule has 0 saturated heterocycles. The molecule has 0 radical (unpaired) electrons. The van der Waals surface area contributed by atoms with Crippen LogP contribution in [0, 0.1) is 6.92 Å². The fourth-order valence-corrected chi connectivity index (χ4v) is 5.47. The minimum atomic E-state index is 0.254. The first-order valence-corrected chi connectivity index (χ1v) is 10.4. The molecule has 134 valence electrons. The van der Waals surface area contributed by atoms with Crippen molar-refractivity contribution in [2.75, 3.05) is 0 Å². The van der Waals surface area contributed by atoms with Gasteiger partial charge in [0.2, 0.25) is 0 Å². The van der Waals surface area contributed by atoms with Gasteiger partial charge in [-0.1, -0.05) is 58.0 Å². The summed E-state index contributed by atoms with van der Waals surface area (Å²) >= 11 is 1.97. The Morgan fingerprint density at radius 1 is 0.923 bits per heavy atom. The molecule has 26 heavy (non-hydrogen) atoms. The van der Waals surface area contributed by atoms with Gasteiger partial charge in [0.1, 0.15) is 0 Å². The molecule has 1 nitrogen and oxygen atoms in total. The SMILES string of the molecule is Cc1ccc2c(sc3c(C(C)C)cc(C(C)C)cc32)c1C1C=CC=CN1. The molecule has 1 unspecified atom stereocenters. The number of allylic oxidation sites excluding steroid dienone is 2. The van der Waals surface area contributed by atoms with E-state index in [1.54, 1.807) is 0 Å². The maximum absolute atomic E-state index is 3.52. The van der Waals surface area contributed by atoms with Gasteiger partial charge in [-0.25, -0.2) is 0 Å². The standard InChI is InChI=1S/C24H27NS/c1-14(2)17-12-19(15(3)4)23-20(13-17)18-10-9-16(5)22(24(18)26-23)21-8-6-7-11-25-21/h6-15,21,25H,1-5H3. The van der Waals surface area contributed by atoms with Gasteiger partial charge in [0, 0.05) is 20.2 Å². The molecule has 0 spiro atoms. The average molecular weight is 362 g/mol. The van der Waals surface area contributed by atoms with E-state index in [9.17, 15) is 0 Å². The van der Waals surface area contributed by atoms with Gasteiger partial charge in [0.25, 0.3) is 0 Å². The molecule has 1 aromatic heterocycles. The minimum Gasteiger partial charge on any atom is -0.381 e. The monoisotopic (exact) mass is 361 g/mol. The third-order valence-corrected chi connectivity index (χ3v) is 6.74. The summed E-state index contributed by atoms with van der Waals surface area (Å²) in [6, 6.07) is 9.72. The van der Waals surface area contributed by atoms with Crippen LogP contribution in [0.4, 0.5) is 0 Å². The predicted molar refractivity (Wildman–Crippen MR) is 116 cm³/mol. The Kier molecular flexibility index (Phi) is 4.40. The first kappa shape index (κ1) is 17.4. The Morgan fingerprint density at radius 3 is 2.38 bits per heavy atom. The van der Waals surface area contributed by atoms with Gasteiger partial charge in [-0.3, -0.25) is 0 Å². The molecule has 1 atom stereocenters. The molecule has 1 aliphatic rings. The van der Waals surface area contributed by atoms with Crippen molar-refractivity contribution < 1.29 is 0 Å². The maximum atomic E-state index is 3.52. The number of hydrogen-bond acceptors (Lipinski definition) is 2. The summed E-state index contributed by atoms with van der Waals surface area (Å²) in [6.45, 7) is 11.4. The number of rotatable bonds is 3. The summed E-state index contributed by atoms with van der Waals surface area (Å²) in [5, 5.41) is 6.35. The van der Waals surface area contributed by atoms with Gasteiger partial charge in [0.15, 0.2) is 0 Å². The topological polar surface area (TPSA) is 12.0 Å². The van der Waals surface area contributed by atoms with Crippen molar-refractivity contribution in [1.29, 1.82) is 0 Å². The van der Waals surface area contributed by atoms with E-state index in [4.69, 9.17) is 0 Å². The number of nitrogens with one attached hydrogen (secondary N) is 1. The zero-order valence-electron chi connectivity index (χ0n) is 16.3. The highest BCUT2D eigenvalue weighted by atomic mass is 32.1. The first-order chi connectivity index (χ1) is 12.5. The molecule has 1 aliphatic heterocycles. The fraction of sp³-hybridized carbons (Fsp3) is 0.333. The molecule has 4 rings (SSSR count). The molecular formula is C24H27NS. The van der Waals surface area contributed by atoms with E-state index in [1.807, 2.05) is 17.5 Å². The molecule has 2 heteroatoms. The van der Waals surface area contributed by atoms with E-state index >= 15 is 0 Å². The molecule has 0 saturated carbocycles. The van der Waals surface area contributed by atoms with Crippen molar-refractivity contribution in [3.63, 3.8) is 0 Å². The van der Waals surface area contributed by atoms with Crippen LogP contribution < -0.4 is 5.32 Å². The van der Waals surface area contributed by atoms with Gasteiger partial charge < -0.3 is 5.32 Å². The van der Waals surface area contributed by atoms with Crippen molar-refractivity contribution in [2.24, 2.45) is 0 Å². The van der Waals surface area contributed by atoms with Gasteiger partial charge in [-0.15, -0.1) is 11.3 Å². The second kappa shape index (κ2) is 6.59. The fourth-order valence-electron chi connectivity index (χ4n) is 3.88.